The Morgan fingerprint density at radius 1 is 0.893 bits per heavy atom. The van der Waals surface area contributed by atoms with Gasteiger partial charge >= 0.3 is 0 Å². The third-order valence-corrected chi connectivity index (χ3v) is 4.68. The van der Waals surface area contributed by atoms with Crippen molar-refractivity contribution in [2.24, 2.45) is 0 Å². The van der Waals surface area contributed by atoms with Gasteiger partial charge in [-0.25, -0.2) is 0 Å². The van der Waals surface area contributed by atoms with Gasteiger partial charge < -0.3 is 14.7 Å². The summed E-state index contributed by atoms with van der Waals surface area (Å²) in [6, 6.07) is 24.8. The van der Waals surface area contributed by atoms with Gasteiger partial charge in [0, 0.05) is 18.0 Å². The van der Waals surface area contributed by atoms with Crippen molar-refractivity contribution in [3.63, 3.8) is 0 Å². The molecule has 1 aliphatic rings. The average molecular weight is 366 g/mol. The van der Waals surface area contributed by atoms with Gasteiger partial charge in [0.15, 0.2) is 0 Å². The van der Waals surface area contributed by atoms with E-state index in [2.05, 4.69) is 6.07 Å². The number of rotatable bonds is 4. The largest absolute Gasteiger partial charge is 0.507 e. The molecule has 0 saturated heterocycles. The number of ether oxygens (including phenoxy) is 1. The Kier molecular flexibility index (Phi) is 4.81. The van der Waals surface area contributed by atoms with E-state index < -0.39 is 0 Å². The number of phenols is 1. The summed E-state index contributed by atoms with van der Waals surface area (Å²) < 4.78 is 5.20. The predicted molar refractivity (Wildman–Crippen MR) is 108 cm³/mol. The number of aromatic hydroxyl groups is 1. The first-order valence-electron chi connectivity index (χ1n) is 8.91. The summed E-state index contributed by atoms with van der Waals surface area (Å²) >= 11 is 0. The van der Waals surface area contributed by atoms with Gasteiger partial charge in [-0.1, -0.05) is 54.6 Å². The molecule has 136 valence electrons. The fraction of sp³-hybridized carbons (Fsp3) is 0.0417. The zero-order valence-electron chi connectivity index (χ0n) is 15.1. The van der Waals surface area contributed by atoms with Gasteiger partial charge in [-0.15, -0.1) is 0 Å². The summed E-state index contributed by atoms with van der Waals surface area (Å²) in [6.45, 7) is 0. The number of benzene rings is 3. The predicted octanol–water partition coefficient (Wildman–Crippen LogP) is 5.29. The highest BCUT2D eigenvalue weighted by Crippen LogP contribution is 2.41. The molecule has 4 rings (SSSR count). The molecular weight excluding hydrogens is 348 g/mol. The first-order valence-corrected chi connectivity index (χ1v) is 8.91. The molecule has 1 unspecified atom stereocenters. The molecule has 4 heteroatoms. The molecule has 1 aliphatic heterocycles. The van der Waals surface area contributed by atoms with Crippen LogP contribution in [0, 0.1) is 11.3 Å². The summed E-state index contributed by atoms with van der Waals surface area (Å²) in [5.74, 6) is 0.214. The monoisotopic (exact) mass is 366 g/mol. The van der Waals surface area contributed by atoms with Crippen molar-refractivity contribution in [2.75, 3.05) is 0 Å². The minimum absolute atomic E-state index is 0.214. The molecule has 0 amide bonds. The van der Waals surface area contributed by atoms with E-state index in [0.717, 1.165) is 22.3 Å². The molecule has 0 bridgehead atoms. The topological polar surface area (TPSA) is 56.5 Å². The molecule has 0 fully saturated rings. The lowest BCUT2D eigenvalue weighted by atomic mass is 9.89. The molecule has 3 aromatic rings. The molecule has 0 saturated carbocycles. The number of hydrogen-bond donors (Lipinski definition) is 1. The Morgan fingerprint density at radius 3 is 2.39 bits per heavy atom. The van der Waals surface area contributed by atoms with Crippen LogP contribution in [-0.2, 0) is 4.74 Å². The molecule has 4 nitrogen and oxygen atoms in total. The zero-order chi connectivity index (χ0) is 19.3. The van der Waals surface area contributed by atoms with Crippen LogP contribution < -0.4 is 0 Å². The second-order valence-electron chi connectivity index (χ2n) is 6.40. The summed E-state index contributed by atoms with van der Waals surface area (Å²) in [5.41, 5.74) is 4.16. The van der Waals surface area contributed by atoms with Crippen molar-refractivity contribution in [3.8, 4) is 22.9 Å². The SMILES string of the molecule is N#Cc1cccc(C(c2cccc(O)c2-c2ccccc2)N2C=COC=C2)c1. The number of hydrogen-bond acceptors (Lipinski definition) is 4. The molecule has 0 aliphatic carbocycles. The quantitative estimate of drug-likeness (QED) is 0.681. The molecule has 0 aromatic heterocycles. The smallest absolute Gasteiger partial charge is 0.123 e. The Balaban J connectivity index is 1.94. The lowest BCUT2D eigenvalue weighted by Crippen LogP contribution is -2.21. The van der Waals surface area contributed by atoms with Crippen LogP contribution in [0.4, 0.5) is 0 Å². The molecule has 3 aromatic carbocycles. The van der Waals surface area contributed by atoms with Crippen molar-refractivity contribution < 1.29 is 9.84 Å². The van der Waals surface area contributed by atoms with Gasteiger partial charge in [0.05, 0.1) is 17.7 Å². The van der Waals surface area contributed by atoms with E-state index in [1.165, 1.54) is 0 Å². The van der Waals surface area contributed by atoms with Gasteiger partial charge in [0.2, 0.25) is 0 Å². The molecule has 0 radical (unpaired) electrons. The standard InChI is InChI=1S/C24H18N2O2/c25-17-18-6-4-9-20(16-18)24(26-12-14-28-15-13-26)21-10-5-11-22(27)23(21)19-7-2-1-3-8-19/h1-16,24,27H. The highest BCUT2D eigenvalue weighted by molar-refractivity contribution is 5.75. The molecular formula is C24H18N2O2. The van der Waals surface area contributed by atoms with Crippen LogP contribution in [0.1, 0.15) is 22.7 Å². The maximum Gasteiger partial charge on any atom is 0.123 e. The Morgan fingerprint density at radius 2 is 1.64 bits per heavy atom. The molecule has 1 heterocycles. The highest BCUT2D eigenvalue weighted by Gasteiger charge is 2.25. The van der Waals surface area contributed by atoms with Crippen LogP contribution in [0.2, 0.25) is 0 Å². The van der Waals surface area contributed by atoms with Gasteiger partial charge in [0.25, 0.3) is 0 Å². The fourth-order valence-electron chi connectivity index (χ4n) is 3.47. The maximum absolute atomic E-state index is 10.7. The van der Waals surface area contributed by atoms with Crippen LogP contribution in [0.25, 0.3) is 11.1 Å². The first kappa shape index (κ1) is 17.4. The lowest BCUT2D eigenvalue weighted by molar-refractivity contribution is 0.322. The van der Waals surface area contributed by atoms with Crippen LogP contribution in [0.15, 0.2) is 97.7 Å². The maximum atomic E-state index is 10.7. The van der Waals surface area contributed by atoms with Crippen LogP contribution in [0.5, 0.6) is 5.75 Å². The van der Waals surface area contributed by atoms with E-state index in [0.29, 0.717) is 5.56 Å². The number of phenolic OH excluding ortho intramolecular Hbond substituents is 1. The fourth-order valence-corrected chi connectivity index (χ4v) is 3.47. The zero-order valence-corrected chi connectivity index (χ0v) is 15.1. The van der Waals surface area contributed by atoms with Crippen molar-refractivity contribution in [1.82, 2.24) is 4.90 Å². The van der Waals surface area contributed by atoms with Crippen molar-refractivity contribution >= 4 is 0 Å². The Labute approximate surface area is 163 Å². The third kappa shape index (κ3) is 3.34. The second kappa shape index (κ2) is 7.73. The minimum Gasteiger partial charge on any atom is -0.507 e. The van der Waals surface area contributed by atoms with Gasteiger partial charge in [-0.3, -0.25) is 0 Å². The van der Waals surface area contributed by atoms with Gasteiger partial charge in [-0.2, -0.15) is 5.26 Å². The second-order valence-corrected chi connectivity index (χ2v) is 6.40. The van der Waals surface area contributed by atoms with Gasteiger partial charge in [-0.05, 0) is 34.9 Å². The van der Waals surface area contributed by atoms with Crippen LogP contribution >= 0.6 is 0 Å². The molecule has 1 N–H and O–H groups in total. The normalized spacial score (nSPS) is 13.6. The van der Waals surface area contributed by atoms with Crippen molar-refractivity contribution in [1.29, 1.82) is 5.26 Å². The van der Waals surface area contributed by atoms with E-state index in [1.54, 1.807) is 24.7 Å². The van der Waals surface area contributed by atoms with Gasteiger partial charge in [0.1, 0.15) is 18.3 Å². The van der Waals surface area contributed by atoms with Crippen molar-refractivity contribution in [2.45, 2.75) is 6.04 Å². The minimum atomic E-state index is -0.244. The Bertz CT molecular complexity index is 1070. The average Bonchev–Trinajstić information content (AvgIpc) is 2.76. The summed E-state index contributed by atoms with van der Waals surface area (Å²) in [7, 11) is 0. The van der Waals surface area contributed by atoms with E-state index in [-0.39, 0.29) is 11.8 Å². The van der Waals surface area contributed by atoms with E-state index in [1.807, 2.05) is 78.0 Å². The van der Waals surface area contributed by atoms with E-state index in [4.69, 9.17) is 4.74 Å². The third-order valence-electron chi connectivity index (χ3n) is 4.68. The summed E-state index contributed by atoms with van der Waals surface area (Å²) in [6.07, 6.45) is 6.88. The Hall–Kier alpha value is -3.97. The van der Waals surface area contributed by atoms with Crippen LogP contribution in [-0.4, -0.2) is 10.0 Å². The summed E-state index contributed by atoms with van der Waals surface area (Å²) in [4.78, 5) is 2.00. The molecule has 28 heavy (non-hydrogen) atoms. The number of nitrogens with zero attached hydrogens (tertiary/aromatic N) is 2. The molecule has 0 spiro atoms. The molecule has 1 atom stereocenters. The van der Waals surface area contributed by atoms with E-state index in [9.17, 15) is 10.4 Å². The van der Waals surface area contributed by atoms with E-state index >= 15 is 0 Å². The number of nitriles is 1. The lowest BCUT2D eigenvalue weighted by Gasteiger charge is -2.31. The van der Waals surface area contributed by atoms with Crippen molar-refractivity contribution in [3.05, 3.63) is 114 Å². The van der Waals surface area contributed by atoms with Crippen LogP contribution in [0.3, 0.4) is 0 Å². The summed E-state index contributed by atoms with van der Waals surface area (Å²) in [5, 5.41) is 20.1. The highest BCUT2D eigenvalue weighted by atomic mass is 16.5. The first-order chi connectivity index (χ1) is 13.8.